The maximum absolute atomic E-state index is 12.8. The van der Waals surface area contributed by atoms with Gasteiger partial charge in [-0.25, -0.2) is 0 Å². The number of amides is 3. The summed E-state index contributed by atoms with van der Waals surface area (Å²) in [6, 6.07) is 9.93. The molecule has 0 aliphatic carbocycles. The monoisotopic (exact) mass is 514 g/mol. The van der Waals surface area contributed by atoms with Crippen LogP contribution in [0.3, 0.4) is 0 Å². The molecule has 6 nitrogen and oxygen atoms in total. The SMILES string of the molecule is NC(=O)COc1ccc(Br)cc1/C=C1\SC(=O)N(Cc2ccc(Cl)cc2Cl)C1=O. The van der Waals surface area contributed by atoms with E-state index in [0.29, 0.717) is 26.9 Å². The minimum atomic E-state index is -0.626. The van der Waals surface area contributed by atoms with E-state index in [-0.39, 0.29) is 18.1 Å². The number of rotatable bonds is 6. The van der Waals surface area contributed by atoms with Crippen LogP contribution in [0.5, 0.6) is 5.75 Å². The second kappa shape index (κ2) is 9.21. The molecule has 2 N–H and O–H groups in total. The van der Waals surface area contributed by atoms with E-state index in [9.17, 15) is 14.4 Å². The second-order valence-electron chi connectivity index (χ2n) is 5.94. The summed E-state index contributed by atoms with van der Waals surface area (Å²) in [6.07, 6.45) is 1.54. The number of thioether (sulfide) groups is 1. The maximum atomic E-state index is 12.8. The molecule has 1 saturated heterocycles. The summed E-state index contributed by atoms with van der Waals surface area (Å²) in [6.45, 7) is -0.277. The van der Waals surface area contributed by atoms with Crippen LogP contribution in [0.2, 0.25) is 10.0 Å². The summed E-state index contributed by atoms with van der Waals surface area (Å²) < 4.78 is 6.12. The van der Waals surface area contributed by atoms with Gasteiger partial charge in [0.2, 0.25) is 0 Å². The van der Waals surface area contributed by atoms with Crippen molar-refractivity contribution in [2.24, 2.45) is 5.73 Å². The summed E-state index contributed by atoms with van der Waals surface area (Å²) >= 11 is 16.2. The van der Waals surface area contributed by atoms with E-state index in [2.05, 4.69) is 15.9 Å². The van der Waals surface area contributed by atoms with Crippen LogP contribution in [0.1, 0.15) is 11.1 Å². The molecule has 10 heteroatoms. The molecule has 0 unspecified atom stereocenters. The van der Waals surface area contributed by atoms with Crippen molar-refractivity contribution in [1.29, 1.82) is 0 Å². The van der Waals surface area contributed by atoms with Gasteiger partial charge in [0.05, 0.1) is 11.4 Å². The Balaban J connectivity index is 1.86. The topological polar surface area (TPSA) is 89.7 Å². The lowest BCUT2D eigenvalue weighted by atomic mass is 10.1. The first-order valence-corrected chi connectivity index (χ1v) is 10.5. The average molecular weight is 516 g/mol. The molecular formula is C19H13BrCl2N2O4S. The molecule has 1 fully saturated rings. The van der Waals surface area contributed by atoms with Gasteiger partial charge >= 0.3 is 0 Å². The van der Waals surface area contributed by atoms with Gasteiger partial charge in [0.1, 0.15) is 5.75 Å². The fraction of sp³-hybridized carbons (Fsp3) is 0.105. The number of hydrogen-bond donors (Lipinski definition) is 1. The van der Waals surface area contributed by atoms with Gasteiger partial charge in [-0.05, 0) is 53.7 Å². The van der Waals surface area contributed by atoms with Crippen LogP contribution in [0.15, 0.2) is 45.8 Å². The summed E-state index contributed by atoms with van der Waals surface area (Å²) in [5.74, 6) is -0.717. The van der Waals surface area contributed by atoms with Crippen molar-refractivity contribution in [3.05, 3.63) is 66.9 Å². The molecule has 0 bridgehead atoms. The Kier molecular flexibility index (Phi) is 6.89. The first-order chi connectivity index (χ1) is 13.7. The van der Waals surface area contributed by atoms with E-state index in [0.717, 1.165) is 21.1 Å². The standard InChI is InChI=1S/C19H13BrCl2N2O4S/c20-12-2-4-15(28-9-17(23)25)11(5-12)6-16-18(26)24(19(27)29-16)8-10-1-3-13(21)7-14(10)22/h1-7H,8-9H2,(H2,23,25)/b16-6-. The summed E-state index contributed by atoms with van der Waals surface area (Å²) in [5.41, 5.74) is 6.25. The molecule has 3 rings (SSSR count). The number of primary amides is 1. The van der Waals surface area contributed by atoms with Crippen LogP contribution in [-0.2, 0) is 16.1 Å². The van der Waals surface area contributed by atoms with Crippen molar-refractivity contribution in [2.75, 3.05) is 6.61 Å². The van der Waals surface area contributed by atoms with Gasteiger partial charge in [-0.2, -0.15) is 0 Å². The molecule has 0 radical (unpaired) electrons. The zero-order valence-electron chi connectivity index (χ0n) is 14.7. The Morgan fingerprint density at radius 1 is 1.21 bits per heavy atom. The van der Waals surface area contributed by atoms with Gasteiger partial charge in [-0.3, -0.25) is 19.3 Å². The highest BCUT2D eigenvalue weighted by Gasteiger charge is 2.35. The van der Waals surface area contributed by atoms with E-state index >= 15 is 0 Å². The van der Waals surface area contributed by atoms with E-state index in [4.69, 9.17) is 33.7 Å². The lowest BCUT2D eigenvalue weighted by Crippen LogP contribution is -2.27. The number of imide groups is 1. The molecule has 1 aliphatic rings. The molecule has 2 aromatic rings. The average Bonchev–Trinajstić information content (AvgIpc) is 2.90. The normalized spacial score (nSPS) is 15.3. The number of benzene rings is 2. The highest BCUT2D eigenvalue weighted by molar-refractivity contribution is 9.10. The Hall–Kier alpha value is -2.00. The zero-order chi connectivity index (χ0) is 21.1. The third-order valence-corrected chi connectivity index (χ3v) is 5.83. The third-order valence-electron chi connectivity index (χ3n) is 3.85. The minimum Gasteiger partial charge on any atom is -0.483 e. The van der Waals surface area contributed by atoms with Crippen LogP contribution in [0, 0.1) is 0 Å². The van der Waals surface area contributed by atoms with Crippen LogP contribution >= 0.6 is 50.9 Å². The zero-order valence-corrected chi connectivity index (χ0v) is 18.6. The van der Waals surface area contributed by atoms with Crippen molar-refractivity contribution in [3.8, 4) is 5.75 Å². The minimum absolute atomic E-state index is 0.0293. The fourth-order valence-corrected chi connectivity index (χ4v) is 4.19. The lowest BCUT2D eigenvalue weighted by molar-refractivity contribution is -0.123. The lowest BCUT2D eigenvalue weighted by Gasteiger charge is -2.13. The fourth-order valence-electron chi connectivity index (χ4n) is 2.51. The number of ether oxygens (including phenoxy) is 1. The molecule has 0 spiro atoms. The molecule has 0 aromatic heterocycles. The number of nitrogens with zero attached hydrogens (tertiary/aromatic N) is 1. The van der Waals surface area contributed by atoms with Crippen molar-refractivity contribution >= 4 is 74.0 Å². The first kappa shape index (κ1) is 21.7. The van der Waals surface area contributed by atoms with Crippen molar-refractivity contribution in [1.82, 2.24) is 4.90 Å². The molecule has 0 saturated carbocycles. The number of carbonyl (C=O) groups excluding carboxylic acids is 3. The van der Waals surface area contributed by atoms with Crippen molar-refractivity contribution < 1.29 is 19.1 Å². The second-order valence-corrected chi connectivity index (χ2v) is 8.69. The molecular weight excluding hydrogens is 503 g/mol. The van der Waals surface area contributed by atoms with E-state index < -0.39 is 17.1 Å². The number of nitrogens with two attached hydrogens (primary N) is 1. The highest BCUT2D eigenvalue weighted by atomic mass is 79.9. The molecule has 1 aliphatic heterocycles. The molecule has 0 atom stereocenters. The molecule has 2 aromatic carbocycles. The smallest absolute Gasteiger partial charge is 0.293 e. The van der Waals surface area contributed by atoms with Gasteiger partial charge in [0, 0.05) is 20.1 Å². The van der Waals surface area contributed by atoms with Gasteiger partial charge in [0.25, 0.3) is 17.1 Å². The highest BCUT2D eigenvalue weighted by Crippen LogP contribution is 2.36. The van der Waals surface area contributed by atoms with Crippen LogP contribution in [-0.4, -0.2) is 28.6 Å². The Bertz CT molecular complexity index is 1040. The predicted octanol–water partition coefficient (Wildman–Crippen LogP) is 4.86. The summed E-state index contributed by atoms with van der Waals surface area (Å²) in [7, 11) is 0. The van der Waals surface area contributed by atoms with Crippen molar-refractivity contribution in [2.45, 2.75) is 6.54 Å². The van der Waals surface area contributed by atoms with Gasteiger partial charge in [-0.15, -0.1) is 0 Å². The van der Waals surface area contributed by atoms with E-state index in [1.807, 2.05) is 0 Å². The van der Waals surface area contributed by atoms with Crippen LogP contribution < -0.4 is 10.5 Å². The number of hydrogen-bond acceptors (Lipinski definition) is 5. The Morgan fingerprint density at radius 2 is 1.97 bits per heavy atom. The predicted molar refractivity (Wildman–Crippen MR) is 117 cm³/mol. The van der Waals surface area contributed by atoms with Gasteiger partial charge in [-0.1, -0.05) is 45.2 Å². The van der Waals surface area contributed by atoms with Gasteiger partial charge in [0.15, 0.2) is 6.61 Å². The van der Waals surface area contributed by atoms with E-state index in [1.165, 1.54) is 6.08 Å². The van der Waals surface area contributed by atoms with Crippen LogP contribution in [0.4, 0.5) is 4.79 Å². The number of halogens is 3. The van der Waals surface area contributed by atoms with E-state index in [1.54, 1.807) is 36.4 Å². The maximum Gasteiger partial charge on any atom is 0.293 e. The van der Waals surface area contributed by atoms with Gasteiger partial charge < -0.3 is 10.5 Å². The molecule has 3 amide bonds. The molecule has 29 heavy (non-hydrogen) atoms. The molecule has 1 heterocycles. The van der Waals surface area contributed by atoms with Crippen LogP contribution in [0.25, 0.3) is 6.08 Å². The Morgan fingerprint density at radius 3 is 2.66 bits per heavy atom. The Labute approximate surface area is 189 Å². The third kappa shape index (κ3) is 5.33. The number of carbonyl (C=O) groups is 3. The largest absolute Gasteiger partial charge is 0.483 e. The first-order valence-electron chi connectivity index (χ1n) is 8.14. The summed E-state index contributed by atoms with van der Waals surface area (Å²) in [5, 5.41) is 0.419. The molecule has 150 valence electrons. The quantitative estimate of drug-likeness (QED) is 0.555. The summed E-state index contributed by atoms with van der Waals surface area (Å²) in [4.78, 5) is 37.5. The van der Waals surface area contributed by atoms with Crippen molar-refractivity contribution in [3.63, 3.8) is 0 Å².